The SMILES string of the molecule is CCCCCCCC(C1=NCCS1)C(N)c1ccccc1. The van der Waals surface area contributed by atoms with E-state index in [9.17, 15) is 0 Å². The smallest absolute Gasteiger partial charge is 0.0726 e. The van der Waals surface area contributed by atoms with Crippen molar-refractivity contribution in [2.45, 2.75) is 51.5 Å². The minimum Gasteiger partial charge on any atom is -0.323 e. The van der Waals surface area contributed by atoms with E-state index in [2.05, 4.69) is 37.3 Å². The molecule has 1 aromatic carbocycles. The summed E-state index contributed by atoms with van der Waals surface area (Å²) in [5.74, 6) is 1.53. The molecule has 2 nitrogen and oxygen atoms in total. The van der Waals surface area contributed by atoms with E-state index in [0.717, 1.165) is 12.3 Å². The zero-order chi connectivity index (χ0) is 14.9. The summed E-state index contributed by atoms with van der Waals surface area (Å²) in [7, 11) is 0. The van der Waals surface area contributed by atoms with Gasteiger partial charge < -0.3 is 5.73 Å². The second-order valence-electron chi connectivity index (χ2n) is 5.81. The number of aliphatic imine (C=N–C) groups is 1. The van der Waals surface area contributed by atoms with Crippen molar-refractivity contribution in [2.24, 2.45) is 16.6 Å². The first-order valence-electron chi connectivity index (χ1n) is 8.30. The first kappa shape index (κ1) is 16.6. The molecule has 0 fully saturated rings. The molecule has 1 aliphatic heterocycles. The molecule has 2 atom stereocenters. The van der Waals surface area contributed by atoms with Crippen LogP contribution in [-0.2, 0) is 0 Å². The normalized spacial score (nSPS) is 17.5. The topological polar surface area (TPSA) is 38.4 Å². The molecule has 21 heavy (non-hydrogen) atoms. The highest BCUT2D eigenvalue weighted by Gasteiger charge is 2.26. The van der Waals surface area contributed by atoms with E-state index in [4.69, 9.17) is 10.7 Å². The maximum absolute atomic E-state index is 6.57. The van der Waals surface area contributed by atoms with Crippen LogP contribution >= 0.6 is 11.8 Å². The summed E-state index contributed by atoms with van der Waals surface area (Å²) in [6, 6.07) is 10.6. The molecule has 2 rings (SSSR count). The van der Waals surface area contributed by atoms with Crippen molar-refractivity contribution in [1.29, 1.82) is 0 Å². The number of nitrogens with two attached hydrogens (primary N) is 1. The summed E-state index contributed by atoms with van der Waals surface area (Å²) in [6.45, 7) is 3.23. The summed E-state index contributed by atoms with van der Waals surface area (Å²) in [5, 5.41) is 1.29. The van der Waals surface area contributed by atoms with Crippen LogP contribution in [0.1, 0.15) is 57.1 Å². The van der Waals surface area contributed by atoms with E-state index in [1.54, 1.807) is 0 Å². The largest absolute Gasteiger partial charge is 0.323 e. The maximum atomic E-state index is 6.57. The number of hydrogen-bond acceptors (Lipinski definition) is 3. The Morgan fingerprint density at radius 1 is 1.14 bits per heavy atom. The zero-order valence-electron chi connectivity index (χ0n) is 13.1. The van der Waals surface area contributed by atoms with Crippen LogP contribution in [0.4, 0.5) is 0 Å². The molecular formula is C18H28N2S. The van der Waals surface area contributed by atoms with Crippen molar-refractivity contribution in [3.63, 3.8) is 0 Å². The van der Waals surface area contributed by atoms with Crippen molar-refractivity contribution in [3.05, 3.63) is 35.9 Å². The molecule has 0 aromatic heterocycles. The molecule has 0 saturated heterocycles. The Bertz CT molecular complexity index is 430. The number of nitrogens with zero attached hydrogens (tertiary/aromatic N) is 1. The number of benzene rings is 1. The van der Waals surface area contributed by atoms with Gasteiger partial charge in [-0.05, 0) is 12.0 Å². The van der Waals surface area contributed by atoms with E-state index in [1.165, 1.54) is 49.1 Å². The van der Waals surface area contributed by atoms with Crippen molar-refractivity contribution in [3.8, 4) is 0 Å². The Balaban J connectivity index is 1.95. The predicted molar refractivity (Wildman–Crippen MR) is 95.0 cm³/mol. The van der Waals surface area contributed by atoms with Gasteiger partial charge in [0.2, 0.25) is 0 Å². The van der Waals surface area contributed by atoms with E-state index in [1.807, 2.05) is 11.8 Å². The Hall–Kier alpha value is -0.800. The molecule has 0 radical (unpaired) electrons. The summed E-state index contributed by atoms with van der Waals surface area (Å²) in [5.41, 5.74) is 7.81. The van der Waals surface area contributed by atoms with E-state index >= 15 is 0 Å². The standard InChI is InChI=1S/C18H28N2S/c1-2-3-4-5-9-12-16(18-20-13-14-21-18)17(19)15-10-7-6-8-11-15/h6-8,10-11,16-17H,2-5,9,12-14,19H2,1H3. The third kappa shape index (κ3) is 5.15. The van der Waals surface area contributed by atoms with E-state index in [0.29, 0.717) is 5.92 Å². The van der Waals surface area contributed by atoms with E-state index < -0.39 is 0 Å². The van der Waals surface area contributed by atoms with Crippen LogP contribution in [0, 0.1) is 5.92 Å². The molecule has 2 unspecified atom stereocenters. The van der Waals surface area contributed by atoms with Crippen LogP contribution in [0.25, 0.3) is 0 Å². The summed E-state index contributed by atoms with van der Waals surface area (Å²) < 4.78 is 0. The molecule has 1 aromatic rings. The monoisotopic (exact) mass is 304 g/mol. The van der Waals surface area contributed by atoms with Gasteiger partial charge in [0, 0.05) is 24.3 Å². The zero-order valence-corrected chi connectivity index (χ0v) is 13.9. The fourth-order valence-corrected chi connectivity index (χ4v) is 3.96. The minimum absolute atomic E-state index is 0.0849. The lowest BCUT2D eigenvalue weighted by atomic mass is 9.89. The van der Waals surface area contributed by atoms with Crippen LogP contribution in [0.2, 0.25) is 0 Å². The van der Waals surface area contributed by atoms with Gasteiger partial charge in [0.1, 0.15) is 0 Å². The van der Waals surface area contributed by atoms with Gasteiger partial charge in [-0.2, -0.15) is 0 Å². The second-order valence-corrected chi connectivity index (χ2v) is 6.93. The van der Waals surface area contributed by atoms with Crippen LogP contribution < -0.4 is 5.73 Å². The minimum atomic E-state index is 0.0849. The van der Waals surface area contributed by atoms with Crippen molar-refractivity contribution < 1.29 is 0 Å². The molecule has 116 valence electrons. The predicted octanol–water partition coefficient (Wildman–Crippen LogP) is 4.81. The molecule has 0 bridgehead atoms. The molecule has 1 heterocycles. The van der Waals surface area contributed by atoms with Crippen LogP contribution in [-0.4, -0.2) is 17.3 Å². The highest BCUT2D eigenvalue weighted by molar-refractivity contribution is 8.14. The third-order valence-corrected chi connectivity index (χ3v) is 5.28. The second kappa shape index (κ2) is 9.26. The van der Waals surface area contributed by atoms with Gasteiger partial charge in [-0.25, -0.2) is 0 Å². The quantitative estimate of drug-likeness (QED) is 0.665. The summed E-state index contributed by atoms with van der Waals surface area (Å²) in [6.07, 6.45) is 7.77. The Labute approximate surface area is 133 Å². The van der Waals surface area contributed by atoms with Gasteiger partial charge in [0.25, 0.3) is 0 Å². The van der Waals surface area contributed by atoms with Gasteiger partial charge in [-0.1, -0.05) is 69.4 Å². The van der Waals surface area contributed by atoms with Gasteiger partial charge in [0.15, 0.2) is 0 Å². The molecule has 0 saturated carbocycles. The Kier molecular flexibility index (Phi) is 7.31. The van der Waals surface area contributed by atoms with Crippen LogP contribution in [0.5, 0.6) is 0 Å². The summed E-state index contributed by atoms with van der Waals surface area (Å²) >= 11 is 1.91. The van der Waals surface area contributed by atoms with Gasteiger partial charge in [-0.15, -0.1) is 11.8 Å². The lowest BCUT2D eigenvalue weighted by molar-refractivity contribution is 0.482. The number of hydrogen-bond donors (Lipinski definition) is 1. The molecule has 3 heteroatoms. The van der Waals surface area contributed by atoms with E-state index in [-0.39, 0.29) is 6.04 Å². The average Bonchev–Trinajstić information content (AvgIpc) is 3.05. The first-order valence-corrected chi connectivity index (χ1v) is 9.29. The Morgan fingerprint density at radius 3 is 2.57 bits per heavy atom. The fourth-order valence-electron chi connectivity index (χ4n) is 2.91. The van der Waals surface area contributed by atoms with Crippen molar-refractivity contribution >= 4 is 16.8 Å². The molecule has 0 amide bonds. The lowest BCUT2D eigenvalue weighted by Crippen LogP contribution is -2.26. The maximum Gasteiger partial charge on any atom is 0.0726 e. The third-order valence-electron chi connectivity index (χ3n) is 4.16. The lowest BCUT2D eigenvalue weighted by Gasteiger charge is -2.24. The van der Waals surface area contributed by atoms with Gasteiger partial charge >= 0.3 is 0 Å². The highest BCUT2D eigenvalue weighted by atomic mass is 32.2. The molecular weight excluding hydrogens is 276 g/mol. The van der Waals surface area contributed by atoms with Gasteiger partial charge in [0.05, 0.1) is 5.04 Å². The number of unbranched alkanes of at least 4 members (excludes halogenated alkanes) is 4. The van der Waals surface area contributed by atoms with Gasteiger partial charge in [-0.3, -0.25) is 4.99 Å². The first-order chi connectivity index (χ1) is 10.3. The van der Waals surface area contributed by atoms with Crippen molar-refractivity contribution in [2.75, 3.05) is 12.3 Å². The Morgan fingerprint density at radius 2 is 1.90 bits per heavy atom. The van der Waals surface area contributed by atoms with Crippen molar-refractivity contribution in [1.82, 2.24) is 0 Å². The fraction of sp³-hybridized carbons (Fsp3) is 0.611. The number of thioether (sulfide) groups is 1. The number of rotatable bonds is 9. The van der Waals surface area contributed by atoms with Crippen LogP contribution in [0.15, 0.2) is 35.3 Å². The van der Waals surface area contributed by atoms with Crippen LogP contribution in [0.3, 0.4) is 0 Å². The highest BCUT2D eigenvalue weighted by Crippen LogP contribution is 2.32. The molecule has 0 aliphatic carbocycles. The average molecular weight is 305 g/mol. The summed E-state index contributed by atoms with van der Waals surface area (Å²) in [4.78, 5) is 4.70. The molecule has 0 spiro atoms. The molecule has 2 N–H and O–H groups in total. The molecule has 1 aliphatic rings.